The van der Waals surface area contributed by atoms with Crippen molar-refractivity contribution in [1.82, 2.24) is 9.99 Å². The number of hydrogen-bond donors (Lipinski definition) is 2. The highest BCUT2D eigenvalue weighted by molar-refractivity contribution is 7.51. The largest absolute Gasteiger partial charge is 0.447 e. The smallest absolute Gasteiger partial charge is 0.411 e. The molecule has 40 heavy (non-hydrogen) atoms. The van der Waals surface area contributed by atoms with Crippen LogP contribution in [0, 0.1) is 5.92 Å². The van der Waals surface area contributed by atoms with E-state index >= 15 is 0 Å². The molecule has 0 aromatic carbocycles. The van der Waals surface area contributed by atoms with Crippen LogP contribution in [0.3, 0.4) is 0 Å². The van der Waals surface area contributed by atoms with Gasteiger partial charge in [-0.25, -0.2) is 9.36 Å². The first-order valence-corrected chi connectivity index (χ1v) is 18.3. The number of unbranched alkanes of at least 4 members (excludes halogenated alkanes) is 18. The summed E-state index contributed by atoms with van der Waals surface area (Å²) < 4.78 is 30.7. The lowest BCUT2D eigenvalue weighted by Crippen LogP contribution is -2.48. The van der Waals surface area contributed by atoms with E-state index in [4.69, 9.17) is 13.8 Å². The van der Waals surface area contributed by atoms with Crippen LogP contribution >= 0.6 is 7.75 Å². The zero-order valence-electron chi connectivity index (χ0n) is 26.0. The van der Waals surface area contributed by atoms with E-state index in [1.807, 2.05) is 6.92 Å². The summed E-state index contributed by atoms with van der Waals surface area (Å²) in [4.78, 5) is 13.8. The van der Waals surface area contributed by atoms with Crippen molar-refractivity contribution in [1.29, 1.82) is 0 Å². The first-order chi connectivity index (χ1) is 19.4. The zero-order chi connectivity index (χ0) is 29.1. The number of aliphatic hydroxyl groups excluding tert-OH is 1. The van der Waals surface area contributed by atoms with Crippen molar-refractivity contribution in [3.63, 3.8) is 0 Å². The molecule has 1 amide bonds. The fourth-order valence-corrected chi connectivity index (χ4v) is 7.38. The van der Waals surface area contributed by atoms with E-state index in [1.54, 1.807) is 0 Å². The van der Waals surface area contributed by atoms with Crippen molar-refractivity contribution in [2.75, 3.05) is 19.8 Å². The van der Waals surface area contributed by atoms with Gasteiger partial charge in [0.25, 0.3) is 0 Å². The first kappa shape index (κ1) is 35.5. The van der Waals surface area contributed by atoms with E-state index in [2.05, 4.69) is 18.9 Å². The van der Waals surface area contributed by atoms with Crippen LogP contribution in [0.4, 0.5) is 4.79 Å². The topological polar surface area (TPSA) is 97.3 Å². The molecule has 4 unspecified atom stereocenters. The lowest BCUT2D eigenvalue weighted by molar-refractivity contribution is 0.0734. The molecule has 2 fully saturated rings. The van der Waals surface area contributed by atoms with E-state index in [9.17, 15) is 14.5 Å². The highest BCUT2D eigenvalue weighted by Crippen LogP contribution is 2.47. The number of carbonyl (C=O) groups is 1. The van der Waals surface area contributed by atoms with E-state index in [1.165, 1.54) is 94.8 Å². The van der Waals surface area contributed by atoms with Crippen LogP contribution in [0.15, 0.2) is 0 Å². The average Bonchev–Trinajstić information content (AvgIpc) is 3.43. The van der Waals surface area contributed by atoms with Crippen LogP contribution in [0.2, 0.25) is 0 Å². The molecular weight excluding hydrogens is 527 g/mol. The van der Waals surface area contributed by atoms with Crippen molar-refractivity contribution < 1.29 is 28.3 Å². The second-order valence-electron chi connectivity index (χ2n) is 12.0. The number of nitrogens with one attached hydrogen (secondary N) is 1. The molecule has 2 saturated heterocycles. The summed E-state index contributed by atoms with van der Waals surface area (Å²) in [6.07, 6.45) is 22.0. The fourth-order valence-electron chi connectivity index (χ4n) is 5.81. The predicted octanol–water partition coefficient (Wildman–Crippen LogP) is 8.72. The minimum atomic E-state index is -3.72. The van der Waals surface area contributed by atoms with E-state index in [-0.39, 0.29) is 18.6 Å². The first-order valence-electron chi connectivity index (χ1n) is 16.7. The Bertz CT molecular complexity index is 681. The maximum Gasteiger partial charge on any atom is 0.411 e. The molecule has 2 heterocycles. The van der Waals surface area contributed by atoms with Gasteiger partial charge in [0.15, 0.2) is 0 Å². The van der Waals surface area contributed by atoms with Gasteiger partial charge in [-0.2, -0.15) is 5.09 Å². The molecule has 0 aliphatic carbocycles. The molecule has 0 radical (unpaired) electrons. The van der Waals surface area contributed by atoms with Crippen LogP contribution in [0.5, 0.6) is 0 Å². The van der Waals surface area contributed by atoms with Crippen molar-refractivity contribution in [3.8, 4) is 0 Å². The van der Waals surface area contributed by atoms with Crippen LogP contribution < -0.4 is 5.09 Å². The lowest BCUT2D eigenvalue weighted by atomic mass is 10.0. The van der Waals surface area contributed by atoms with E-state index in [0.717, 1.165) is 38.5 Å². The molecule has 2 N–H and O–H groups in total. The summed E-state index contributed by atoms with van der Waals surface area (Å²) in [7, 11) is -3.72. The third kappa shape index (κ3) is 13.1. The molecule has 0 spiro atoms. The minimum absolute atomic E-state index is 0.193. The van der Waals surface area contributed by atoms with Gasteiger partial charge >= 0.3 is 13.8 Å². The molecule has 2 aliphatic rings. The summed E-state index contributed by atoms with van der Waals surface area (Å²) in [6, 6.07) is -0.239. The Hall–Kier alpha value is -0.660. The molecule has 4 atom stereocenters. The Balaban J connectivity index is 1.73. The monoisotopic (exact) mass is 588 g/mol. The summed E-state index contributed by atoms with van der Waals surface area (Å²) in [5.41, 5.74) is 0. The number of carbonyl (C=O) groups excluding carboxylic acids is 1. The highest BCUT2D eigenvalue weighted by Gasteiger charge is 2.54. The van der Waals surface area contributed by atoms with Gasteiger partial charge in [0.05, 0.1) is 25.4 Å². The van der Waals surface area contributed by atoms with Gasteiger partial charge in [-0.15, -0.1) is 0 Å². The Morgan fingerprint density at radius 1 is 0.775 bits per heavy atom. The Morgan fingerprint density at radius 3 is 1.60 bits per heavy atom. The summed E-state index contributed by atoms with van der Waals surface area (Å²) >= 11 is 0. The molecule has 2 aliphatic heterocycles. The standard InChI is InChI=1S/C31H61N2O6P/c1-4-6-8-10-12-14-16-18-20-22-24-38-40(36,39-25-23-21-19-17-15-13-11-9-7-5-2)32-30-29(34)27(3)28-26-37-31(35)33(28)30/h27-30,34H,4-26H2,1-3H3,(H,32,36). The van der Waals surface area contributed by atoms with Gasteiger partial charge in [0, 0.05) is 5.92 Å². The number of rotatable bonds is 26. The van der Waals surface area contributed by atoms with E-state index < -0.39 is 26.1 Å². The van der Waals surface area contributed by atoms with Crippen LogP contribution in [0.1, 0.15) is 149 Å². The number of fused-ring (bicyclic) bond motifs is 1. The van der Waals surface area contributed by atoms with Gasteiger partial charge in [0.2, 0.25) is 0 Å². The summed E-state index contributed by atoms with van der Waals surface area (Å²) in [5.74, 6) is -0.193. The van der Waals surface area contributed by atoms with Gasteiger partial charge < -0.3 is 9.84 Å². The summed E-state index contributed by atoms with van der Waals surface area (Å²) in [5, 5.41) is 13.8. The Morgan fingerprint density at radius 2 is 1.18 bits per heavy atom. The predicted molar refractivity (Wildman–Crippen MR) is 162 cm³/mol. The number of nitrogens with zero attached hydrogens (tertiary/aromatic N) is 1. The maximum absolute atomic E-state index is 13.8. The zero-order valence-corrected chi connectivity index (χ0v) is 26.9. The normalized spacial score (nSPS) is 22.7. The number of amides is 1. The van der Waals surface area contributed by atoms with Crippen LogP contribution in [0.25, 0.3) is 0 Å². The number of ether oxygens (including phenoxy) is 1. The Kier molecular flexibility index (Phi) is 18.7. The second kappa shape index (κ2) is 21.1. The van der Waals surface area contributed by atoms with Crippen molar-refractivity contribution in [2.24, 2.45) is 5.92 Å². The van der Waals surface area contributed by atoms with Crippen molar-refractivity contribution >= 4 is 13.8 Å². The average molecular weight is 589 g/mol. The molecule has 236 valence electrons. The second-order valence-corrected chi connectivity index (χ2v) is 13.8. The van der Waals surface area contributed by atoms with Crippen LogP contribution in [-0.4, -0.2) is 54.2 Å². The van der Waals surface area contributed by atoms with Gasteiger partial charge in [-0.1, -0.05) is 136 Å². The number of cyclic esters (lactones) is 1. The Labute approximate surface area is 245 Å². The molecule has 2 rings (SSSR count). The fraction of sp³-hybridized carbons (Fsp3) is 0.968. The molecule has 8 nitrogen and oxygen atoms in total. The third-order valence-electron chi connectivity index (χ3n) is 8.52. The van der Waals surface area contributed by atoms with E-state index in [0.29, 0.717) is 13.2 Å². The number of aliphatic hydroxyl groups is 1. The van der Waals surface area contributed by atoms with Crippen LogP contribution in [-0.2, 0) is 18.3 Å². The molecule has 0 saturated carbocycles. The highest BCUT2D eigenvalue weighted by atomic mass is 31.2. The lowest BCUT2D eigenvalue weighted by Gasteiger charge is -2.28. The van der Waals surface area contributed by atoms with Gasteiger partial charge in [-0.3, -0.25) is 13.9 Å². The van der Waals surface area contributed by atoms with Crippen molar-refractivity contribution in [2.45, 2.75) is 167 Å². The third-order valence-corrected chi connectivity index (χ3v) is 10.1. The molecular formula is C31H61N2O6P. The molecule has 0 aromatic rings. The summed E-state index contributed by atoms with van der Waals surface area (Å²) in [6.45, 7) is 7.25. The quantitative estimate of drug-likeness (QED) is 0.0770. The minimum Gasteiger partial charge on any atom is -0.447 e. The van der Waals surface area contributed by atoms with Gasteiger partial charge in [0.1, 0.15) is 12.8 Å². The molecule has 0 bridgehead atoms. The number of hydrogen-bond acceptors (Lipinski definition) is 6. The SMILES string of the molecule is CCCCCCCCCCCCOP(=O)(NC1C(O)C(C)C2COC(=O)N21)OCCCCCCCCCCCC. The molecule has 0 aromatic heterocycles. The van der Waals surface area contributed by atoms with Crippen molar-refractivity contribution in [3.05, 3.63) is 0 Å². The maximum atomic E-state index is 13.8. The van der Waals surface area contributed by atoms with Gasteiger partial charge in [-0.05, 0) is 12.8 Å². The molecule has 9 heteroatoms.